The molecule has 3 aromatic rings. The molecule has 0 aliphatic carbocycles. The predicted molar refractivity (Wildman–Crippen MR) is 119 cm³/mol. The number of hydrogen-bond donors (Lipinski definition) is 1. The normalized spacial score (nSPS) is 10.8. The van der Waals surface area contributed by atoms with Crippen LogP contribution in [0.15, 0.2) is 60.0 Å². The lowest BCUT2D eigenvalue weighted by Crippen LogP contribution is -2.07. The smallest absolute Gasteiger partial charge is 0.250 e. The van der Waals surface area contributed by atoms with Gasteiger partial charge >= 0.3 is 0 Å². The molecule has 0 aliphatic heterocycles. The molecule has 0 atom stereocenters. The van der Waals surface area contributed by atoms with Gasteiger partial charge in [0.05, 0.1) is 18.9 Å². The molecule has 1 aromatic heterocycles. The fourth-order valence-corrected chi connectivity index (χ4v) is 3.29. The highest BCUT2D eigenvalue weighted by atomic mass is 32.1. The highest BCUT2D eigenvalue weighted by Crippen LogP contribution is 2.26. The molecule has 0 fully saturated rings. The Morgan fingerprint density at radius 2 is 1.72 bits per heavy atom. The molecule has 29 heavy (non-hydrogen) atoms. The highest BCUT2D eigenvalue weighted by molar-refractivity contribution is 7.14. The van der Waals surface area contributed by atoms with Crippen molar-refractivity contribution in [3.05, 3.63) is 65.6 Å². The number of carbonyl (C=O) groups is 1. The summed E-state index contributed by atoms with van der Waals surface area (Å²) >= 11 is 1.40. The van der Waals surface area contributed by atoms with Crippen LogP contribution in [0, 0.1) is 0 Å². The zero-order valence-corrected chi connectivity index (χ0v) is 17.4. The van der Waals surface area contributed by atoms with Crippen LogP contribution in [0.25, 0.3) is 17.3 Å². The van der Waals surface area contributed by atoms with E-state index in [9.17, 15) is 4.79 Å². The summed E-state index contributed by atoms with van der Waals surface area (Å²) in [5.41, 5.74) is 2.73. The quantitative estimate of drug-likeness (QED) is 0.465. The first-order chi connectivity index (χ1) is 14.2. The number of nitrogens with one attached hydrogen (secondary N) is 1. The van der Waals surface area contributed by atoms with Gasteiger partial charge in [-0.3, -0.25) is 10.1 Å². The number of aromatic nitrogens is 1. The minimum atomic E-state index is -0.219. The molecule has 3 rings (SSSR count). The van der Waals surface area contributed by atoms with Crippen molar-refractivity contribution in [2.24, 2.45) is 0 Å². The molecule has 1 amide bonds. The van der Waals surface area contributed by atoms with Crippen LogP contribution in [0.2, 0.25) is 0 Å². The van der Waals surface area contributed by atoms with Crippen LogP contribution in [-0.4, -0.2) is 24.1 Å². The van der Waals surface area contributed by atoms with E-state index in [0.717, 1.165) is 34.7 Å². The number of benzene rings is 2. The summed E-state index contributed by atoms with van der Waals surface area (Å²) in [4.78, 5) is 16.7. The summed E-state index contributed by atoms with van der Waals surface area (Å²) in [6, 6.07) is 15.4. The number of ether oxygens (including phenoxy) is 2. The van der Waals surface area contributed by atoms with Crippen LogP contribution in [0.4, 0.5) is 5.13 Å². The van der Waals surface area contributed by atoms with Gasteiger partial charge in [-0.2, -0.15) is 0 Å². The van der Waals surface area contributed by atoms with E-state index >= 15 is 0 Å². The van der Waals surface area contributed by atoms with Crippen molar-refractivity contribution in [3.8, 4) is 22.8 Å². The number of anilines is 1. The second-order valence-electron chi connectivity index (χ2n) is 6.24. The van der Waals surface area contributed by atoms with Crippen LogP contribution in [0.5, 0.6) is 11.5 Å². The zero-order chi connectivity index (χ0) is 20.5. The maximum atomic E-state index is 12.2. The monoisotopic (exact) mass is 408 g/mol. The van der Waals surface area contributed by atoms with E-state index in [1.807, 2.05) is 60.8 Å². The summed E-state index contributed by atoms with van der Waals surface area (Å²) in [5.74, 6) is 1.44. The fraction of sp³-hybridized carbons (Fsp3) is 0.217. The van der Waals surface area contributed by atoms with Gasteiger partial charge in [-0.15, -0.1) is 11.3 Å². The molecular weight excluding hydrogens is 384 g/mol. The van der Waals surface area contributed by atoms with Gasteiger partial charge in [0.25, 0.3) is 0 Å². The third-order valence-electron chi connectivity index (χ3n) is 3.98. The summed E-state index contributed by atoms with van der Waals surface area (Å²) in [7, 11) is 0. The molecule has 0 aliphatic rings. The van der Waals surface area contributed by atoms with E-state index in [2.05, 4.69) is 17.2 Å². The summed E-state index contributed by atoms with van der Waals surface area (Å²) < 4.78 is 11.0. The largest absolute Gasteiger partial charge is 0.494 e. The van der Waals surface area contributed by atoms with E-state index in [1.165, 1.54) is 17.4 Å². The zero-order valence-electron chi connectivity index (χ0n) is 16.6. The summed E-state index contributed by atoms with van der Waals surface area (Å²) in [6.07, 6.45) is 4.23. The van der Waals surface area contributed by atoms with E-state index in [1.54, 1.807) is 6.08 Å². The predicted octanol–water partition coefficient (Wildman–Crippen LogP) is 5.65. The lowest BCUT2D eigenvalue weighted by Gasteiger charge is -2.04. The van der Waals surface area contributed by atoms with E-state index < -0.39 is 0 Å². The number of rotatable bonds is 9. The third-order valence-corrected chi connectivity index (χ3v) is 4.73. The number of hydrogen-bond acceptors (Lipinski definition) is 5. The molecule has 0 saturated carbocycles. The number of carbonyl (C=O) groups excluding carboxylic acids is 1. The molecule has 0 bridgehead atoms. The van der Waals surface area contributed by atoms with Gasteiger partial charge in [0, 0.05) is 17.0 Å². The Morgan fingerprint density at radius 3 is 2.41 bits per heavy atom. The van der Waals surface area contributed by atoms with Crippen LogP contribution in [0.3, 0.4) is 0 Å². The minimum Gasteiger partial charge on any atom is -0.494 e. The van der Waals surface area contributed by atoms with Crippen molar-refractivity contribution >= 4 is 28.5 Å². The molecule has 150 valence electrons. The molecule has 1 heterocycles. The Kier molecular flexibility index (Phi) is 7.41. The van der Waals surface area contributed by atoms with Gasteiger partial charge in [-0.25, -0.2) is 4.98 Å². The van der Waals surface area contributed by atoms with Crippen molar-refractivity contribution in [1.29, 1.82) is 0 Å². The van der Waals surface area contributed by atoms with E-state index in [0.29, 0.717) is 18.3 Å². The van der Waals surface area contributed by atoms with Gasteiger partial charge in [0.1, 0.15) is 11.5 Å². The average Bonchev–Trinajstić information content (AvgIpc) is 3.21. The molecule has 0 spiro atoms. The Hall–Kier alpha value is -3.12. The second kappa shape index (κ2) is 10.4. The van der Waals surface area contributed by atoms with E-state index in [4.69, 9.17) is 9.47 Å². The van der Waals surface area contributed by atoms with Gasteiger partial charge in [0.15, 0.2) is 5.13 Å². The standard InChI is InChI=1S/C23H24N2O3S/c1-3-15-28-20-12-8-18(9-13-20)21-16-29-23(24-21)25-22(26)14-7-17-5-10-19(11-6-17)27-4-2/h5-14,16H,3-4,15H2,1-2H3,(H,24,25,26). The first-order valence-corrected chi connectivity index (χ1v) is 10.5. The van der Waals surface area contributed by atoms with Crippen LogP contribution in [0.1, 0.15) is 25.8 Å². The lowest BCUT2D eigenvalue weighted by atomic mass is 10.2. The number of thiazole rings is 1. The van der Waals surface area contributed by atoms with Gasteiger partial charge in [-0.1, -0.05) is 19.1 Å². The van der Waals surface area contributed by atoms with Crippen LogP contribution < -0.4 is 14.8 Å². The summed E-state index contributed by atoms with van der Waals surface area (Å²) in [6.45, 7) is 5.35. The Bertz CT molecular complexity index is 947. The van der Waals surface area contributed by atoms with Gasteiger partial charge < -0.3 is 9.47 Å². The fourth-order valence-electron chi connectivity index (χ4n) is 2.57. The molecule has 0 saturated heterocycles. The van der Waals surface area contributed by atoms with Crippen molar-refractivity contribution in [3.63, 3.8) is 0 Å². The first-order valence-electron chi connectivity index (χ1n) is 9.58. The summed E-state index contributed by atoms with van der Waals surface area (Å²) in [5, 5.41) is 5.29. The molecule has 0 unspecified atom stereocenters. The van der Waals surface area contributed by atoms with Crippen molar-refractivity contribution in [2.75, 3.05) is 18.5 Å². The minimum absolute atomic E-state index is 0.219. The Labute approximate surface area is 175 Å². The molecule has 2 aromatic carbocycles. The number of nitrogens with zero attached hydrogens (tertiary/aromatic N) is 1. The lowest BCUT2D eigenvalue weighted by molar-refractivity contribution is -0.111. The maximum absolute atomic E-state index is 12.2. The van der Waals surface area contributed by atoms with E-state index in [-0.39, 0.29) is 5.91 Å². The number of amides is 1. The molecule has 6 heteroatoms. The van der Waals surface area contributed by atoms with Crippen molar-refractivity contribution < 1.29 is 14.3 Å². The Balaban J connectivity index is 1.57. The first kappa shape index (κ1) is 20.6. The molecule has 5 nitrogen and oxygen atoms in total. The van der Waals surface area contributed by atoms with Crippen LogP contribution in [-0.2, 0) is 4.79 Å². The molecule has 1 N–H and O–H groups in total. The van der Waals surface area contributed by atoms with Gasteiger partial charge in [-0.05, 0) is 61.4 Å². The SMILES string of the molecule is CCCOc1ccc(-c2csc(NC(=O)C=Cc3ccc(OCC)cc3)n2)cc1. The Morgan fingerprint density at radius 1 is 1.03 bits per heavy atom. The van der Waals surface area contributed by atoms with Gasteiger partial charge in [0.2, 0.25) is 5.91 Å². The highest BCUT2D eigenvalue weighted by Gasteiger charge is 2.07. The topological polar surface area (TPSA) is 60.5 Å². The third kappa shape index (κ3) is 6.19. The average molecular weight is 409 g/mol. The molecular formula is C23H24N2O3S. The second-order valence-corrected chi connectivity index (χ2v) is 7.09. The van der Waals surface area contributed by atoms with Crippen molar-refractivity contribution in [2.45, 2.75) is 20.3 Å². The van der Waals surface area contributed by atoms with Crippen molar-refractivity contribution in [1.82, 2.24) is 4.98 Å². The maximum Gasteiger partial charge on any atom is 0.250 e. The van der Waals surface area contributed by atoms with Crippen LogP contribution >= 0.6 is 11.3 Å². The molecule has 0 radical (unpaired) electrons.